The Morgan fingerprint density at radius 2 is 2.35 bits per heavy atom. The van der Waals surface area contributed by atoms with E-state index in [1.807, 2.05) is 17.9 Å². The summed E-state index contributed by atoms with van der Waals surface area (Å²) in [4.78, 5) is 0. The molecule has 0 amide bonds. The SMILES string of the molecule is Cn1cc(Cn2cccc2CNC2CC2)cn1. The van der Waals surface area contributed by atoms with Gasteiger partial charge in [0.1, 0.15) is 0 Å². The molecule has 0 atom stereocenters. The van der Waals surface area contributed by atoms with Crippen molar-refractivity contribution < 1.29 is 0 Å². The van der Waals surface area contributed by atoms with Crippen molar-refractivity contribution in [3.05, 3.63) is 42.0 Å². The average Bonchev–Trinajstić information content (AvgIpc) is 2.90. The van der Waals surface area contributed by atoms with Gasteiger partial charge in [0.25, 0.3) is 0 Å². The van der Waals surface area contributed by atoms with Crippen LogP contribution in [-0.2, 0) is 20.1 Å². The smallest absolute Gasteiger partial charge is 0.0539 e. The Kier molecular flexibility index (Phi) is 2.73. The second-order valence-electron chi connectivity index (χ2n) is 4.80. The Balaban J connectivity index is 1.67. The minimum absolute atomic E-state index is 0.761. The molecule has 1 fully saturated rings. The molecule has 4 nitrogen and oxygen atoms in total. The molecule has 1 saturated carbocycles. The van der Waals surface area contributed by atoms with E-state index >= 15 is 0 Å². The van der Waals surface area contributed by atoms with E-state index in [1.54, 1.807) is 0 Å². The van der Waals surface area contributed by atoms with Gasteiger partial charge in [0.15, 0.2) is 0 Å². The van der Waals surface area contributed by atoms with Gasteiger partial charge in [0.05, 0.1) is 12.7 Å². The Hall–Kier alpha value is -1.55. The van der Waals surface area contributed by atoms with Crippen LogP contribution < -0.4 is 5.32 Å². The van der Waals surface area contributed by atoms with Crippen molar-refractivity contribution in [1.29, 1.82) is 0 Å². The fourth-order valence-electron chi connectivity index (χ4n) is 2.05. The lowest BCUT2D eigenvalue weighted by atomic mass is 10.3. The Morgan fingerprint density at radius 1 is 1.47 bits per heavy atom. The van der Waals surface area contributed by atoms with Crippen molar-refractivity contribution in [1.82, 2.24) is 19.7 Å². The summed E-state index contributed by atoms with van der Waals surface area (Å²) >= 11 is 0. The molecule has 1 N–H and O–H groups in total. The third kappa shape index (κ3) is 2.58. The van der Waals surface area contributed by atoms with Gasteiger partial charge in [-0.3, -0.25) is 4.68 Å². The maximum atomic E-state index is 4.20. The van der Waals surface area contributed by atoms with Crippen LogP contribution in [0.4, 0.5) is 0 Å². The molecule has 2 aromatic rings. The zero-order chi connectivity index (χ0) is 11.7. The molecule has 2 heterocycles. The summed E-state index contributed by atoms with van der Waals surface area (Å²) in [6.45, 7) is 1.88. The highest BCUT2D eigenvalue weighted by atomic mass is 15.2. The Labute approximate surface area is 101 Å². The molecule has 1 aliphatic rings. The molecule has 0 bridgehead atoms. The molecule has 0 spiro atoms. The number of hydrogen-bond acceptors (Lipinski definition) is 2. The lowest BCUT2D eigenvalue weighted by Crippen LogP contribution is -2.18. The number of aryl methyl sites for hydroxylation is 1. The Bertz CT molecular complexity index is 493. The lowest BCUT2D eigenvalue weighted by Gasteiger charge is -2.08. The highest BCUT2D eigenvalue weighted by molar-refractivity contribution is 5.12. The van der Waals surface area contributed by atoms with Gasteiger partial charge in [-0.15, -0.1) is 0 Å². The molecule has 3 rings (SSSR count). The van der Waals surface area contributed by atoms with Gasteiger partial charge in [-0.1, -0.05) is 0 Å². The summed E-state index contributed by atoms with van der Waals surface area (Å²) < 4.78 is 4.13. The van der Waals surface area contributed by atoms with Gasteiger partial charge < -0.3 is 9.88 Å². The van der Waals surface area contributed by atoms with Crippen LogP contribution in [-0.4, -0.2) is 20.4 Å². The summed E-state index contributed by atoms with van der Waals surface area (Å²) in [6.07, 6.45) is 8.81. The van der Waals surface area contributed by atoms with Gasteiger partial charge in [-0.25, -0.2) is 0 Å². The van der Waals surface area contributed by atoms with E-state index in [4.69, 9.17) is 0 Å². The van der Waals surface area contributed by atoms with Crippen molar-refractivity contribution in [2.45, 2.75) is 32.0 Å². The number of aromatic nitrogens is 3. The third-order valence-corrected chi connectivity index (χ3v) is 3.18. The third-order valence-electron chi connectivity index (χ3n) is 3.18. The van der Waals surface area contributed by atoms with Gasteiger partial charge >= 0.3 is 0 Å². The molecule has 90 valence electrons. The quantitative estimate of drug-likeness (QED) is 0.845. The minimum atomic E-state index is 0.761. The molecule has 0 aliphatic heterocycles. The number of nitrogens with one attached hydrogen (secondary N) is 1. The minimum Gasteiger partial charge on any atom is -0.346 e. The van der Waals surface area contributed by atoms with Gasteiger partial charge in [-0.05, 0) is 25.0 Å². The maximum Gasteiger partial charge on any atom is 0.0539 e. The number of rotatable bonds is 5. The van der Waals surface area contributed by atoms with E-state index in [1.165, 1.54) is 24.1 Å². The Morgan fingerprint density at radius 3 is 3.06 bits per heavy atom. The van der Waals surface area contributed by atoms with Crippen LogP contribution in [0, 0.1) is 0 Å². The summed E-state index contributed by atoms with van der Waals surface area (Å²) in [5.41, 5.74) is 2.59. The average molecular weight is 230 g/mol. The van der Waals surface area contributed by atoms with Crippen LogP contribution in [0.3, 0.4) is 0 Å². The summed E-state index contributed by atoms with van der Waals surface area (Å²) in [7, 11) is 1.95. The standard InChI is InChI=1S/C13H18N4/c1-16-9-11(7-15-16)10-17-6-2-3-13(17)8-14-12-4-5-12/h2-3,6-7,9,12,14H,4-5,8,10H2,1H3. The van der Waals surface area contributed by atoms with Crippen LogP contribution in [0.15, 0.2) is 30.7 Å². The van der Waals surface area contributed by atoms with Crippen molar-refractivity contribution in [3.8, 4) is 0 Å². The van der Waals surface area contributed by atoms with Gasteiger partial charge in [0, 0.05) is 43.3 Å². The molecule has 2 aromatic heterocycles. The second kappa shape index (κ2) is 4.37. The predicted molar refractivity (Wildman–Crippen MR) is 66.6 cm³/mol. The molecule has 0 aromatic carbocycles. The summed E-state index contributed by atoms with van der Waals surface area (Å²) in [5.74, 6) is 0. The van der Waals surface area contributed by atoms with Crippen molar-refractivity contribution in [3.63, 3.8) is 0 Å². The topological polar surface area (TPSA) is 34.8 Å². The summed E-state index contributed by atoms with van der Waals surface area (Å²) in [5, 5.41) is 7.75. The monoisotopic (exact) mass is 230 g/mol. The van der Waals surface area contributed by atoms with Crippen molar-refractivity contribution in [2.24, 2.45) is 7.05 Å². The first-order valence-corrected chi connectivity index (χ1v) is 6.16. The molecule has 4 heteroatoms. The molecular weight excluding hydrogens is 212 g/mol. The van der Waals surface area contributed by atoms with Crippen molar-refractivity contribution in [2.75, 3.05) is 0 Å². The highest BCUT2D eigenvalue weighted by Gasteiger charge is 2.20. The van der Waals surface area contributed by atoms with Crippen LogP contribution in [0.1, 0.15) is 24.1 Å². The van der Waals surface area contributed by atoms with E-state index in [9.17, 15) is 0 Å². The molecule has 0 radical (unpaired) electrons. The normalized spacial score (nSPS) is 15.4. The lowest BCUT2D eigenvalue weighted by molar-refractivity contribution is 0.634. The fourth-order valence-corrected chi connectivity index (χ4v) is 2.05. The second-order valence-corrected chi connectivity index (χ2v) is 4.80. The molecule has 17 heavy (non-hydrogen) atoms. The van der Waals surface area contributed by atoms with Gasteiger partial charge in [0.2, 0.25) is 0 Å². The van der Waals surface area contributed by atoms with Crippen LogP contribution in [0.5, 0.6) is 0 Å². The zero-order valence-corrected chi connectivity index (χ0v) is 10.1. The largest absolute Gasteiger partial charge is 0.346 e. The first-order chi connectivity index (χ1) is 8.31. The van der Waals surface area contributed by atoms with E-state index in [-0.39, 0.29) is 0 Å². The highest BCUT2D eigenvalue weighted by Crippen LogP contribution is 2.19. The van der Waals surface area contributed by atoms with E-state index in [0.717, 1.165) is 19.1 Å². The molecule has 1 aliphatic carbocycles. The van der Waals surface area contributed by atoms with Crippen molar-refractivity contribution >= 4 is 0 Å². The first-order valence-electron chi connectivity index (χ1n) is 6.16. The van der Waals surface area contributed by atoms with E-state index in [2.05, 4.69) is 39.5 Å². The van der Waals surface area contributed by atoms with Crippen LogP contribution >= 0.6 is 0 Å². The summed E-state index contributed by atoms with van der Waals surface area (Å²) in [6, 6.07) is 5.06. The number of hydrogen-bond donors (Lipinski definition) is 1. The van der Waals surface area contributed by atoms with E-state index in [0.29, 0.717) is 0 Å². The molecular formula is C13H18N4. The molecule has 0 unspecified atom stereocenters. The number of nitrogens with zero attached hydrogens (tertiary/aromatic N) is 3. The van der Waals surface area contributed by atoms with Crippen LogP contribution in [0.2, 0.25) is 0 Å². The predicted octanol–water partition coefficient (Wildman–Crippen LogP) is 1.52. The maximum absolute atomic E-state index is 4.20. The fraction of sp³-hybridized carbons (Fsp3) is 0.462. The first kappa shape index (κ1) is 10.6. The van der Waals surface area contributed by atoms with E-state index < -0.39 is 0 Å². The van der Waals surface area contributed by atoms with Gasteiger partial charge in [-0.2, -0.15) is 5.10 Å². The van der Waals surface area contributed by atoms with Crippen LogP contribution in [0.25, 0.3) is 0 Å². The molecule has 0 saturated heterocycles. The zero-order valence-electron chi connectivity index (χ0n) is 10.1.